The van der Waals surface area contributed by atoms with Crippen molar-refractivity contribution in [2.45, 2.75) is 29.5 Å². The molecule has 2 aliphatic heterocycles. The topological polar surface area (TPSA) is 102 Å². The van der Waals surface area contributed by atoms with E-state index in [0.29, 0.717) is 38.6 Å². The minimum absolute atomic E-state index is 0.183. The molecule has 0 bridgehead atoms. The van der Waals surface area contributed by atoms with Gasteiger partial charge in [-0.2, -0.15) is 0 Å². The van der Waals surface area contributed by atoms with E-state index in [2.05, 4.69) is 9.71 Å². The first-order chi connectivity index (χ1) is 12.5. The summed E-state index contributed by atoms with van der Waals surface area (Å²) in [5, 5.41) is 1.68. The number of carbonyl (C=O) groups is 1. The Hall–Kier alpha value is -1.75. The molecule has 2 aliphatic rings. The van der Waals surface area contributed by atoms with E-state index in [-0.39, 0.29) is 22.6 Å². The van der Waals surface area contributed by atoms with Crippen molar-refractivity contribution in [1.29, 1.82) is 0 Å². The van der Waals surface area contributed by atoms with Crippen molar-refractivity contribution in [3.05, 3.63) is 34.9 Å². The van der Waals surface area contributed by atoms with E-state index in [9.17, 15) is 13.2 Å². The summed E-state index contributed by atoms with van der Waals surface area (Å²) in [6, 6.07) is 3.17. The lowest BCUT2D eigenvalue weighted by molar-refractivity contribution is -0.130. The Labute approximate surface area is 155 Å². The smallest absolute Gasteiger partial charge is 0.250 e. The van der Waals surface area contributed by atoms with Crippen LogP contribution in [0.2, 0.25) is 0 Å². The Kier molecular flexibility index (Phi) is 4.82. The summed E-state index contributed by atoms with van der Waals surface area (Å²) in [7, 11) is -3.65. The summed E-state index contributed by atoms with van der Waals surface area (Å²) in [4.78, 5) is 18.6. The van der Waals surface area contributed by atoms with E-state index < -0.39 is 10.0 Å². The van der Waals surface area contributed by atoms with Gasteiger partial charge in [-0.25, -0.2) is 18.1 Å². The number of amides is 1. The molecule has 2 aromatic heterocycles. The van der Waals surface area contributed by atoms with Crippen LogP contribution >= 0.6 is 11.3 Å². The van der Waals surface area contributed by atoms with Gasteiger partial charge in [-0.3, -0.25) is 4.79 Å². The molecule has 2 aromatic rings. The zero-order valence-corrected chi connectivity index (χ0v) is 15.6. The van der Waals surface area contributed by atoms with Gasteiger partial charge in [0.05, 0.1) is 25.6 Å². The summed E-state index contributed by atoms with van der Waals surface area (Å²) in [5.74, 6) is 1.40. The molecule has 1 unspecified atom stereocenters. The number of nitrogens with zero attached hydrogens (tertiary/aromatic N) is 2. The second-order valence-corrected chi connectivity index (χ2v) is 9.25. The van der Waals surface area contributed by atoms with E-state index in [1.54, 1.807) is 16.3 Å². The summed E-state index contributed by atoms with van der Waals surface area (Å²) >= 11 is 1.11. The lowest BCUT2D eigenvalue weighted by Crippen LogP contribution is -2.42. The molecule has 4 rings (SSSR count). The van der Waals surface area contributed by atoms with Crippen LogP contribution < -0.4 is 4.72 Å². The number of sulfonamides is 1. The van der Waals surface area contributed by atoms with Crippen LogP contribution in [0.3, 0.4) is 0 Å². The van der Waals surface area contributed by atoms with Crippen LogP contribution in [0.4, 0.5) is 0 Å². The summed E-state index contributed by atoms with van der Waals surface area (Å²) in [5.41, 5.74) is 0.757. The minimum atomic E-state index is -3.65. The molecule has 1 atom stereocenters. The van der Waals surface area contributed by atoms with E-state index in [0.717, 1.165) is 29.2 Å². The number of aromatic nitrogens is 1. The van der Waals surface area contributed by atoms with Crippen LogP contribution in [0.1, 0.15) is 29.7 Å². The van der Waals surface area contributed by atoms with Gasteiger partial charge in [-0.05, 0) is 17.9 Å². The average molecular weight is 397 g/mol. The van der Waals surface area contributed by atoms with Crippen LogP contribution in [-0.4, -0.2) is 50.5 Å². The molecule has 1 amide bonds. The van der Waals surface area contributed by atoms with Crippen molar-refractivity contribution < 1.29 is 22.4 Å². The van der Waals surface area contributed by atoms with E-state index in [1.807, 2.05) is 0 Å². The third-order valence-corrected chi connectivity index (χ3v) is 7.35. The molecule has 140 valence electrons. The molecular weight excluding hydrogens is 378 g/mol. The number of hydrogen-bond acceptors (Lipinski definition) is 7. The SMILES string of the molecule is O=C(CNS(=O)(=O)c1cccs1)N1CCc2oc(C3CCOC3)nc2C1. The molecule has 1 N–H and O–H groups in total. The number of fused-ring (bicyclic) bond motifs is 1. The molecule has 10 heteroatoms. The Morgan fingerprint density at radius 2 is 2.35 bits per heavy atom. The Morgan fingerprint density at radius 3 is 3.08 bits per heavy atom. The van der Waals surface area contributed by atoms with Crippen LogP contribution in [-0.2, 0) is 32.5 Å². The van der Waals surface area contributed by atoms with Crippen LogP contribution in [0.25, 0.3) is 0 Å². The molecule has 1 saturated heterocycles. The normalized spacial score (nSPS) is 20.3. The highest BCUT2D eigenvalue weighted by Gasteiger charge is 2.29. The van der Waals surface area contributed by atoms with Crippen LogP contribution in [0, 0.1) is 0 Å². The second-order valence-electron chi connectivity index (χ2n) is 6.30. The number of oxazole rings is 1. The second kappa shape index (κ2) is 7.10. The molecule has 0 aliphatic carbocycles. The van der Waals surface area contributed by atoms with Gasteiger partial charge in [-0.1, -0.05) is 6.07 Å². The number of nitrogens with one attached hydrogen (secondary N) is 1. The zero-order chi connectivity index (χ0) is 18.1. The molecule has 0 aromatic carbocycles. The maximum atomic E-state index is 12.4. The van der Waals surface area contributed by atoms with Crippen molar-refractivity contribution >= 4 is 27.3 Å². The number of hydrogen-bond donors (Lipinski definition) is 1. The number of ether oxygens (including phenoxy) is 1. The van der Waals surface area contributed by atoms with Gasteiger partial charge >= 0.3 is 0 Å². The van der Waals surface area contributed by atoms with Crippen molar-refractivity contribution in [3.63, 3.8) is 0 Å². The number of carbonyl (C=O) groups excluding carboxylic acids is 1. The van der Waals surface area contributed by atoms with Gasteiger partial charge < -0.3 is 14.1 Å². The fourth-order valence-electron chi connectivity index (χ4n) is 3.09. The number of thiophene rings is 1. The standard InChI is InChI=1S/C16H19N3O5S2/c20-14(8-17-26(21,22)15-2-1-7-25-15)19-5-3-13-12(9-19)18-16(24-13)11-4-6-23-10-11/h1-2,7,11,17H,3-6,8-10H2. The number of rotatable bonds is 5. The molecule has 0 radical (unpaired) electrons. The molecule has 1 fully saturated rings. The largest absolute Gasteiger partial charge is 0.445 e. The van der Waals surface area contributed by atoms with Crippen molar-refractivity contribution in [2.75, 3.05) is 26.3 Å². The predicted octanol–water partition coefficient (Wildman–Crippen LogP) is 1.10. The third-order valence-electron chi connectivity index (χ3n) is 4.55. The fourth-order valence-corrected chi connectivity index (χ4v) is 5.10. The monoisotopic (exact) mass is 397 g/mol. The first kappa shape index (κ1) is 17.7. The van der Waals surface area contributed by atoms with Crippen molar-refractivity contribution in [3.8, 4) is 0 Å². The van der Waals surface area contributed by atoms with Crippen LogP contribution in [0.5, 0.6) is 0 Å². The van der Waals surface area contributed by atoms with E-state index in [1.165, 1.54) is 6.07 Å². The highest BCUT2D eigenvalue weighted by atomic mass is 32.2. The fraction of sp³-hybridized carbons (Fsp3) is 0.500. The molecule has 4 heterocycles. The Balaban J connectivity index is 1.38. The average Bonchev–Trinajstić information content (AvgIpc) is 3.39. The predicted molar refractivity (Wildman–Crippen MR) is 93.3 cm³/mol. The first-order valence-electron chi connectivity index (χ1n) is 8.40. The highest BCUT2D eigenvalue weighted by Crippen LogP contribution is 2.28. The molecule has 26 heavy (non-hydrogen) atoms. The van der Waals surface area contributed by atoms with Gasteiger partial charge in [0.25, 0.3) is 10.0 Å². The van der Waals surface area contributed by atoms with Crippen LogP contribution in [0.15, 0.2) is 26.1 Å². The lowest BCUT2D eigenvalue weighted by Gasteiger charge is -2.25. The minimum Gasteiger partial charge on any atom is -0.445 e. The highest BCUT2D eigenvalue weighted by molar-refractivity contribution is 7.91. The summed E-state index contributed by atoms with van der Waals surface area (Å²) in [6.45, 7) is 1.89. The molecular formula is C16H19N3O5S2. The lowest BCUT2D eigenvalue weighted by atomic mass is 10.1. The zero-order valence-electron chi connectivity index (χ0n) is 14.0. The van der Waals surface area contributed by atoms with Gasteiger partial charge in [0, 0.05) is 19.6 Å². The van der Waals surface area contributed by atoms with Gasteiger partial charge in [-0.15, -0.1) is 11.3 Å². The van der Waals surface area contributed by atoms with Gasteiger partial charge in [0.2, 0.25) is 5.91 Å². The summed E-state index contributed by atoms with van der Waals surface area (Å²) in [6.07, 6.45) is 1.48. The van der Waals surface area contributed by atoms with Gasteiger partial charge in [0.15, 0.2) is 5.89 Å². The third kappa shape index (κ3) is 3.54. The van der Waals surface area contributed by atoms with Gasteiger partial charge in [0.1, 0.15) is 15.7 Å². The Morgan fingerprint density at radius 1 is 1.46 bits per heavy atom. The van der Waals surface area contributed by atoms with E-state index >= 15 is 0 Å². The Bertz CT molecular complexity index is 885. The van der Waals surface area contributed by atoms with E-state index in [4.69, 9.17) is 9.15 Å². The molecule has 8 nitrogen and oxygen atoms in total. The molecule has 0 saturated carbocycles. The van der Waals surface area contributed by atoms with Crippen molar-refractivity contribution in [1.82, 2.24) is 14.6 Å². The van der Waals surface area contributed by atoms with Crippen molar-refractivity contribution in [2.24, 2.45) is 0 Å². The molecule has 0 spiro atoms. The maximum absolute atomic E-state index is 12.4. The first-order valence-corrected chi connectivity index (χ1v) is 10.8. The summed E-state index contributed by atoms with van der Waals surface area (Å²) < 4.78 is 38.0. The quantitative estimate of drug-likeness (QED) is 0.811. The maximum Gasteiger partial charge on any atom is 0.250 e.